The number of benzene rings is 1. The summed E-state index contributed by atoms with van der Waals surface area (Å²) in [6.45, 7) is 2.05. The van der Waals surface area contributed by atoms with Gasteiger partial charge in [0.05, 0.1) is 12.0 Å². The Morgan fingerprint density at radius 1 is 1.42 bits per heavy atom. The average Bonchev–Trinajstić information content (AvgIpc) is 2.09. The molecule has 0 heterocycles. The molecule has 12 heavy (non-hydrogen) atoms. The number of hydrogen-bond donors (Lipinski definition) is 2. The zero-order chi connectivity index (χ0) is 8.97. The van der Waals surface area contributed by atoms with Gasteiger partial charge >= 0.3 is 0 Å². The standard InChI is InChI=1S/C9H13NOS/c1-7-2-4-8(5-3-7)12-9(10)6-11/h2-5,9,11H,6,10H2,1H3. The van der Waals surface area contributed by atoms with E-state index < -0.39 is 0 Å². The van der Waals surface area contributed by atoms with Gasteiger partial charge in [-0.1, -0.05) is 17.7 Å². The Balaban J connectivity index is 2.58. The smallest absolute Gasteiger partial charge is 0.0789 e. The SMILES string of the molecule is Cc1ccc(SC(N)CO)cc1. The summed E-state index contributed by atoms with van der Waals surface area (Å²) in [5, 5.41) is 8.49. The van der Waals surface area contributed by atoms with Crippen molar-refractivity contribution in [2.75, 3.05) is 6.61 Å². The van der Waals surface area contributed by atoms with Crippen molar-refractivity contribution in [2.24, 2.45) is 5.73 Å². The van der Waals surface area contributed by atoms with Gasteiger partial charge in [-0.15, -0.1) is 11.8 Å². The van der Waals surface area contributed by atoms with Gasteiger partial charge < -0.3 is 10.8 Å². The molecule has 0 saturated carbocycles. The minimum absolute atomic E-state index is 0.0124. The Bertz CT molecular complexity index is 235. The molecular formula is C9H13NOS. The van der Waals surface area contributed by atoms with Gasteiger partial charge in [0.2, 0.25) is 0 Å². The summed E-state index contributed by atoms with van der Waals surface area (Å²) in [5.74, 6) is 0. The highest BCUT2D eigenvalue weighted by Gasteiger charge is 2.01. The molecule has 1 unspecified atom stereocenters. The monoisotopic (exact) mass is 183 g/mol. The van der Waals surface area contributed by atoms with Crippen molar-refractivity contribution in [1.82, 2.24) is 0 Å². The maximum Gasteiger partial charge on any atom is 0.0789 e. The second-order valence-electron chi connectivity index (χ2n) is 2.65. The number of thioether (sulfide) groups is 1. The van der Waals surface area contributed by atoms with Crippen LogP contribution in [0.25, 0.3) is 0 Å². The van der Waals surface area contributed by atoms with Crippen LogP contribution in [0.2, 0.25) is 0 Å². The topological polar surface area (TPSA) is 46.2 Å². The molecule has 0 aromatic heterocycles. The quantitative estimate of drug-likeness (QED) is 0.549. The molecule has 0 spiro atoms. The van der Waals surface area contributed by atoms with Crippen LogP contribution in [0.4, 0.5) is 0 Å². The molecule has 0 fully saturated rings. The Hall–Kier alpha value is -0.510. The van der Waals surface area contributed by atoms with E-state index in [4.69, 9.17) is 10.8 Å². The van der Waals surface area contributed by atoms with Gasteiger partial charge in [0.25, 0.3) is 0 Å². The second-order valence-corrected chi connectivity index (χ2v) is 3.96. The summed E-state index contributed by atoms with van der Waals surface area (Å²) in [5.41, 5.74) is 6.79. The molecule has 2 nitrogen and oxygen atoms in total. The molecule has 0 radical (unpaired) electrons. The van der Waals surface area contributed by atoms with Gasteiger partial charge in [-0.25, -0.2) is 0 Å². The van der Waals surface area contributed by atoms with E-state index in [1.165, 1.54) is 17.3 Å². The summed E-state index contributed by atoms with van der Waals surface area (Å²) in [6.07, 6.45) is 0. The summed E-state index contributed by atoms with van der Waals surface area (Å²) in [4.78, 5) is 1.10. The second kappa shape index (κ2) is 4.50. The van der Waals surface area contributed by atoms with Crippen LogP contribution in [0, 0.1) is 6.92 Å². The summed E-state index contributed by atoms with van der Waals surface area (Å²) >= 11 is 1.48. The molecule has 1 rings (SSSR count). The average molecular weight is 183 g/mol. The van der Waals surface area contributed by atoms with Crippen molar-refractivity contribution in [3.63, 3.8) is 0 Å². The van der Waals surface area contributed by atoms with Crippen molar-refractivity contribution in [2.45, 2.75) is 17.2 Å². The first-order valence-electron chi connectivity index (χ1n) is 3.82. The zero-order valence-corrected chi connectivity index (χ0v) is 7.84. The molecule has 66 valence electrons. The summed E-state index contributed by atoms with van der Waals surface area (Å²) in [7, 11) is 0. The lowest BCUT2D eigenvalue weighted by molar-refractivity contribution is 0.296. The third-order valence-corrected chi connectivity index (χ3v) is 2.48. The van der Waals surface area contributed by atoms with Crippen molar-refractivity contribution in [3.05, 3.63) is 29.8 Å². The number of nitrogens with two attached hydrogens (primary N) is 1. The summed E-state index contributed by atoms with van der Waals surface area (Å²) in [6, 6.07) is 8.09. The maximum absolute atomic E-state index is 8.70. The number of aryl methyl sites for hydroxylation is 1. The minimum Gasteiger partial charge on any atom is -0.394 e. The molecule has 3 N–H and O–H groups in total. The molecule has 0 amide bonds. The molecule has 1 aromatic rings. The summed E-state index contributed by atoms with van der Waals surface area (Å²) < 4.78 is 0. The van der Waals surface area contributed by atoms with Crippen LogP contribution < -0.4 is 5.73 Å². The van der Waals surface area contributed by atoms with Crippen LogP contribution in [-0.2, 0) is 0 Å². The molecule has 0 aliphatic rings. The van der Waals surface area contributed by atoms with Crippen LogP contribution in [0.3, 0.4) is 0 Å². The first kappa shape index (κ1) is 9.58. The number of rotatable bonds is 3. The maximum atomic E-state index is 8.70. The molecule has 1 aromatic carbocycles. The normalized spacial score (nSPS) is 12.9. The molecule has 0 bridgehead atoms. The number of aliphatic hydroxyl groups is 1. The van der Waals surface area contributed by atoms with Gasteiger partial charge in [-0.05, 0) is 19.1 Å². The third kappa shape index (κ3) is 2.85. The lowest BCUT2D eigenvalue weighted by Gasteiger charge is -2.06. The van der Waals surface area contributed by atoms with Crippen molar-refractivity contribution >= 4 is 11.8 Å². The van der Waals surface area contributed by atoms with E-state index in [0.29, 0.717) is 0 Å². The fraction of sp³-hybridized carbons (Fsp3) is 0.333. The van der Waals surface area contributed by atoms with Gasteiger partial charge in [0.1, 0.15) is 0 Å². The fourth-order valence-corrected chi connectivity index (χ4v) is 1.55. The number of hydrogen-bond acceptors (Lipinski definition) is 3. The van der Waals surface area contributed by atoms with Gasteiger partial charge in [0.15, 0.2) is 0 Å². The van der Waals surface area contributed by atoms with Crippen molar-refractivity contribution in [1.29, 1.82) is 0 Å². The Morgan fingerprint density at radius 2 is 2.00 bits per heavy atom. The number of aliphatic hydroxyl groups excluding tert-OH is 1. The molecule has 0 aliphatic carbocycles. The zero-order valence-electron chi connectivity index (χ0n) is 7.03. The lowest BCUT2D eigenvalue weighted by atomic mass is 10.2. The van der Waals surface area contributed by atoms with E-state index in [-0.39, 0.29) is 12.0 Å². The van der Waals surface area contributed by atoms with E-state index in [1.54, 1.807) is 0 Å². The van der Waals surface area contributed by atoms with E-state index in [9.17, 15) is 0 Å². The van der Waals surface area contributed by atoms with Gasteiger partial charge in [-0.2, -0.15) is 0 Å². The van der Waals surface area contributed by atoms with Crippen molar-refractivity contribution < 1.29 is 5.11 Å². The minimum atomic E-state index is -0.215. The molecule has 1 atom stereocenters. The van der Waals surface area contributed by atoms with Gasteiger partial charge in [-0.3, -0.25) is 0 Å². The Labute approximate surface area is 76.8 Å². The highest BCUT2D eigenvalue weighted by atomic mass is 32.2. The predicted octanol–water partition coefficient (Wildman–Crippen LogP) is 1.36. The van der Waals surface area contributed by atoms with Crippen LogP contribution in [0.15, 0.2) is 29.2 Å². The highest BCUT2D eigenvalue weighted by molar-refractivity contribution is 7.99. The van der Waals surface area contributed by atoms with Gasteiger partial charge in [0, 0.05) is 4.90 Å². The molecule has 3 heteroatoms. The molecule has 0 aliphatic heterocycles. The predicted molar refractivity (Wildman–Crippen MR) is 52.1 cm³/mol. The fourth-order valence-electron chi connectivity index (χ4n) is 0.829. The highest BCUT2D eigenvalue weighted by Crippen LogP contribution is 2.20. The van der Waals surface area contributed by atoms with Crippen LogP contribution >= 0.6 is 11.8 Å². The van der Waals surface area contributed by atoms with Crippen LogP contribution in [-0.4, -0.2) is 17.1 Å². The third-order valence-electron chi connectivity index (χ3n) is 1.49. The van der Waals surface area contributed by atoms with Crippen LogP contribution in [0.1, 0.15) is 5.56 Å². The van der Waals surface area contributed by atoms with E-state index >= 15 is 0 Å². The lowest BCUT2D eigenvalue weighted by Crippen LogP contribution is -2.19. The van der Waals surface area contributed by atoms with Crippen molar-refractivity contribution in [3.8, 4) is 0 Å². The molecular weight excluding hydrogens is 170 g/mol. The first-order valence-corrected chi connectivity index (χ1v) is 4.70. The Kier molecular flexibility index (Phi) is 3.59. The van der Waals surface area contributed by atoms with Crippen LogP contribution in [0.5, 0.6) is 0 Å². The first-order chi connectivity index (χ1) is 5.72. The van der Waals surface area contributed by atoms with E-state index in [1.807, 2.05) is 31.2 Å². The Morgan fingerprint density at radius 3 is 2.50 bits per heavy atom. The van der Waals surface area contributed by atoms with E-state index in [0.717, 1.165) is 4.90 Å². The van der Waals surface area contributed by atoms with E-state index in [2.05, 4.69) is 0 Å². The molecule has 0 saturated heterocycles. The largest absolute Gasteiger partial charge is 0.394 e.